The number of halogens is 1. The summed E-state index contributed by atoms with van der Waals surface area (Å²) in [5.74, 6) is -1.18. The van der Waals surface area contributed by atoms with Crippen LogP contribution in [0, 0.1) is 0 Å². The van der Waals surface area contributed by atoms with Crippen LogP contribution in [0.5, 0.6) is 0 Å². The van der Waals surface area contributed by atoms with Gasteiger partial charge in [-0.15, -0.1) is 0 Å². The number of ether oxygens (including phenoxy) is 1. The number of aromatic carboxylic acids is 1. The number of hydrogen-bond acceptors (Lipinski definition) is 4. The number of carboxylic acids is 1. The second-order valence-electron chi connectivity index (χ2n) is 4.94. The Morgan fingerprint density at radius 2 is 2.14 bits per heavy atom. The molecule has 21 heavy (non-hydrogen) atoms. The number of methoxy groups -OCH3 is 1. The first-order valence-electron chi connectivity index (χ1n) is 6.41. The monoisotopic (exact) mass is 377 g/mol. The fraction of sp³-hybridized carbons (Fsp3) is 0.462. The maximum Gasteiger partial charge on any atom is 0.336 e. The van der Waals surface area contributed by atoms with Crippen LogP contribution in [0.15, 0.2) is 27.6 Å². The van der Waals surface area contributed by atoms with Gasteiger partial charge in [-0.05, 0) is 53.4 Å². The predicted molar refractivity (Wildman–Crippen MR) is 79.9 cm³/mol. The summed E-state index contributed by atoms with van der Waals surface area (Å²) in [6.07, 6.45) is 2.21. The summed E-state index contributed by atoms with van der Waals surface area (Å²) in [5, 5.41) is 9.04. The molecule has 116 valence electrons. The number of carbonyl (C=O) groups is 1. The van der Waals surface area contributed by atoms with E-state index in [4.69, 9.17) is 9.84 Å². The molecule has 2 unspecified atom stereocenters. The molecule has 0 radical (unpaired) electrons. The Kier molecular flexibility index (Phi) is 5.03. The van der Waals surface area contributed by atoms with Crippen LogP contribution < -0.4 is 4.72 Å². The zero-order valence-electron chi connectivity index (χ0n) is 11.4. The van der Waals surface area contributed by atoms with Gasteiger partial charge in [0.15, 0.2) is 0 Å². The van der Waals surface area contributed by atoms with Crippen LogP contribution in [-0.2, 0) is 14.8 Å². The number of rotatable bonds is 5. The van der Waals surface area contributed by atoms with Crippen molar-refractivity contribution in [3.63, 3.8) is 0 Å². The van der Waals surface area contributed by atoms with Gasteiger partial charge in [-0.25, -0.2) is 17.9 Å². The summed E-state index contributed by atoms with van der Waals surface area (Å²) < 4.78 is 32.8. The Bertz CT molecular complexity index is 646. The van der Waals surface area contributed by atoms with Crippen LogP contribution in [0.2, 0.25) is 0 Å². The van der Waals surface area contributed by atoms with Gasteiger partial charge in [0.25, 0.3) is 0 Å². The largest absolute Gasteiger partial charge is 0.478 e. The topological polar surface area (TPSA) is 92.7 Å². The Hall–Kier alpha value is -0.960. The van der Waals surface area contributed by atoms with E-state index in [1.54, 1.807) is 7.11 Å². The Balaban J connectivity index is 2.20. The Morgan fingerprint density at radius 1 is 1.43 bits per heavy atom. The molecule has 1 saturated carbocycles. The van der Waals surface area contributed by atoms with E-state index in [0.29, 0.717) is 17.3 Å². The third-order valence-corrected chi connectivity index (χ3v) is 5.73. The summed E-state index contributed by atoms with van der Waals surface area (Å²) in [7, 11) is -2.13. The van der Waals surface area contributed by atoms with Gasteiger partial charge in [0, 0.05) is 17.6 Å². The van der Waals surface area contributed by atoms with Gasteiger partial charge in [0.2, 0.25) is 10.0 Å². The molecule has 0 spiro atoms. The fourth-order valence-corrected chi connectivity index (χ4v) is 4.11. The van der Waals surface area contributed by atoms with Crippen LogP contribution in [-0.4, -0.2) is 38.7 Å². The van der Waals surface area contributed by atoms with Crippen molar-refractivity contribution in [1.82, 2.24) is 4.72 Å². The van der Waals surface area contributed by atoms with Crippen LogP contribution in [0.1, 0.15) is 29.6 Å². The van der Waals surface area contributed by atoms with E-state index in [-0.39, 0.29) is 22.6 Å². The van der Waals surface area contributed by atoms with Crippen molar-refractivity contribution in [2.24, 2.45) is 0 Å². The first-order chi connectivity index (χ1) is 9.83. The highest BCUT2D eigenvalue weighted by Crippen LogP contribution is 2.25. The maximum absolute atomic E-state index is 12.3. The molecule has 0 heterocycles. The van der Waals surface area contributed by atoms with Crippen LogP contribution in [0.3, 0.4) is 0 Å². The Labute approximate surface area is 131 Å². The molecule has 0 amide bonds. The van der Waals surface area contributed by atoms with E-state index in [1.807, 2.05) is 0 Å². The lowest BCUT2D eigenvalue weighted by Crippen LogP contribution is -2.33. The maximum atomic E-state index is 12.3. The number of carboxylic acid groups (broad SMARTS) is 1. The molecule has 0 aliphatic heterocycles. The molecule has 1 aliphatic carbocycles. The van der Waals surface area contributed by atoms with Crippen molar-refractivity contribution in [3.8, 4) is 0 Å². The lowest BCUT2D eigenvalue weighted by molar-refractivity contribution is 0.0695. The molecule has 0 aromatic heterocycles. The molecule has 2 N–H and O–H groups in total. The number of benzene rings is 1. The Morgan fingerprint density at radius 3 is 2.71 bits per heavy atom. The number of nitrogens with one attached hydrogen (secondary N) is 1. The van der Waals surface area contributed by atoms with Gasteiger partial charge in [-0.3, -0.25) is 0 Å². The van der Waals surface area contributed by atoms with Gasteiger partial charge in [0.05, 0.1) is 16.6 Å². The lowest BCUT2D eigenvalue weighted by atomic mass is 10.2. The van der Waals surface area contributed by atoms with E-state index < -0.39 is 16.0 Å². The highest BCUT2D eigenvalue weighted by atomic mass is 79.9. The zero-order chi connectivity index (χ0) is 15.6. The number of hydrogen-bond donors (Lipinski definition) is 2. The SMILES string of the molecule is COC1CCC(NS(=O)(=O)c2ccc(Br)c(C(=O)O)c2)C1. The zero-order valence-corrected chi connectivity index (χ0v) is 13.8. The first kappa shape index (κ1) is 16.4. The quantitative estimate of drug-likeness (QED) is 0.818. The molecule has 8 heteroatoms. The van der Waals surface area contributed by atoms with Crippen LogP contribution in [0.4, 0.5) is 0 Å². The van der Waals surface area contributed by atoms with Crippen molar-refractivity contribution >= 4 is 31.9 Å². The molecule has 2 atom stereocenters. The normalized spacial score (nSPS) is 22.4. The number of sulfonamides is 1. The molecule has 1 aliphatic rings. The van der Waals surface area contributed by atoms with Gasteiger partial charge in [0.1, 0.15) is 0 Å². The van der Waals surface area contributed by atoms with E-state index in [0.717, 1.165) is 12.5 Å². The van der Waals surface area contributed by atoms with Gasteiger partial charge < -0.3 is 9.84 Å². The van der Waals surface area contributed by atoms with Crippen LogP contribution in [0.25, 0.3) is 0 Å². The second-order valence-corrected chi connectivity index (χ2v) is 7.50. The van der Waals surface area contributed by atoms with Crippen molar-refractivity contribution in [1.29, 1.82) is 0 Å². The molecule has 0 saturated heterocycles. The predicted octanol–water partition coefficient (Wildman–Crippen LogP) is 1.99. The molecule has 1 fully saturated rings. The third kappa shape index (κ3) is 3.82. The summed E-state index contributed by atoms with van der Waals surface area (Å²) in [6.45, 7) is 0. The smallest absolute Gasteiger partial charge is 0.336 e. The van der Waals surface area contributed by atoms with Crippen molar-refractivity contribution in [3.05, 3.63) is 28.2 Å². The fourth-order valence-electron chi connectivity index (χ4n) is 2.38. The minimum absolute atomic E-state index is 0.0519. The summed E-state index contributed by atoms with van der Waals surface area (Å²) >= 11 is 3.09. The second kappa shape index (κ2) is 6.43. The molecule has 0 bridgehead atoms. The third-order valence-electron chi connectivity index (χ3n) is 3.52. The van der Waals surface area contributed by atoms with Crippen molar-refractivity contribution in [2.45, 2.75) is 36.3 Å². The average molecular weight is 378 g/mol. The van der Waals surface area contributed by atoms with Crippen molar-refractivity contribution < 1.29 is 23.1 Å². The molecular weight excluding hydrogens is 362 g/mol. The van der Waals surface area contributed by atoms with E-state index >= 15 is 0 Å². The van der Waals surface area contributed by atoms with Gasteiger partial charge in [-0.1, -0.05) is 0 Å². The van der Waals surface area contributed by atoms with Gasteiger partial charge >= 0.3 is 5.97 Å². The van der Waals surface area contributed by atoms with E-state index in [1.165, 1.54) is 12.1 Å². The average Bonchev–Trinajstić information content (AvgIpc) is 2.85. The minimum atomic E-state index is -3.74. The van der Waals surface area contributed by atoms with Gasteiger partial charge in [-0.2, -0.15) is 0 Å². The minimum Gasteiger partial charge on any atom is -0.478 e. The summed E-state index contributed by atoms with van der Waals surface area (Å²) in [5.41, 5.74) is -0.0842. The standard InChI is InChI=1S/C13H16BrNO5S/c1-20-9-3-2-8(6-9)15-21(18,19)10-4-5-12(14)11(7-10)13(16)17/h4-5,7-9,15H,2-3,6H2,1H3,(H,16,17). The van der Waals surface area contributed by atoms with E-state index in [9.17, 15) is 13.2 Å². The molecule has 6 nitrogen and oxygen atoms in total. The molecular formula is C13H16BrNO5S. The van der Waals surface area contributed by atoms with E-state index in [2.05, 4.69) is 20.7 Å². The lowest BCUT2D eigenvalue weighted by Gasteiger charge is -2.14. The molecule has 1 aromatic carbocycles. The highest BCUT2D eigenvalue weighted by molar-refractivity contribution is 9.10. The molecule has 1 aromatic rings. The summed E-state index contributed by atoms with van der Waals surface area (Å²) in [6, 6.07) is 3.76. The van der Waals surface area contributed by atoms with Crippen molar-refractivity contribution in [2.75, 3.05) is 7.11 Å². The highest BCUT2D eigenvalue weighted by Gasteiger charge is 2.29. The van der Waals surface area contributed by atoms with Crippen LogP contribution >= 0.6 is 15.9 Å². The molecule has 2 rings (SSSR count). The first-order valence-corrected chi connectivity index (χ1v) is 8.69. The summed E-state index contributed by atoms with van der Waals surface area (Å²) in [4.78, 5) is 11.0.